The molecular weight excluding hydrogens is 392 g/mol. The van der Waals surface area contributed by atoms with Crippen molar-refractivity contribution in [1.29, 1.82) is 0 Å². The van der Waals surface area contributed by atoms with Gasteiger partial charge in [-0.1, -0.05) is 28.9 Å². The van der Waals surface area contributed by atoms with Gasteiger partial charge in [0, 0.05) is 22.3 Å². The number of hydrogen-bond acceptors (Lipinski definition) is 3. The predicted octanol–water partition coefficient (Wildman–Crippen LogP) is 4.30. The fourth-order valence-corrected chi connectivity index (χ4v) is 3.74. The Bertz CT molecular complexity index is 833. The molecule has 7 heteroatoms. The molecule has 2 aromatic rings. The molecule has 2 rings (SSSR count). The number of nitrogens with one attached hydrogen (secondary N) is 2. The van der Waals surface area contributed by atoms with Crippen molar-refractivity contribution in [2.45, 2.75) is 31.6 Å². The number of halogens is 1. The minimum absolute atomic E-state index is 0.134. The largest absolute Gasteiger partial charge is 0.326 e. The summed E-state index contributed by atoms with van der Waals surface area (Å²) in [5.74, 6) is -0.134. The van der Waals surface area contributed by atoms with Gasteiger partial charge in [-0.25, -0.2) is 8.42 Å². The van der Waals surface area contributed by atoms with E-state index >= 15 is 0 Å². The van der Waals surface area contributed by atoms with Crippen LogP contribution in [-0.4, -0.2) is 14.3 Å². The number of carbonyl (C=O) groups excluding carboxylic acids is 1. The van der Waals surface area contributed by atoms with Gasteiger partial charge >= 0.3 is 0 Å². The zero-order valence-electron chi connectivity index (χ0n) is 13.5. The standard InChI is InChI=1S/C17H19BrN2O3S/c1-3-4-17(21)19-15-8-5-12(2)16(11-15)24(22,23)20-14-9-6-13(18)7-10-14/h5-11,20H,3-4H2,1-2H3,(H,19,21). The van der Waals surface area contributed by atoms with E-state index < -0.39 is 10.0 Å². The minimum Gasteiger partial charge on any atom is -0.326 e. The van der Waals surface area contributed by atoms with E-state index in [-0.39, 0.29) is 10.8 Å². The Morgan fingerprint density at radius 3 is 2.33 bits per heavy atom. The molecule has 0 saturated carbocycles. The average molecular weight is 411 g/mol. The zero-order valence-corrected chi connectivity index (χ0v) is 15.9. The topological polar surface area (TPSA) is 75.3 Å². The van der Waals surface area contributed by atoms with E-state index in [1.807, 2.05) is 6.92 Å². The zero-order chi connectivity index (χ0) is 17.7. The molecule has 0 heterocycles. The molecule has 0 radical (unpaired) electrons. The molecule has 0 saturated heterocycles. The molecule has 0 aliphatic rings. The summed E-state index contributed by atoms with van der Waals surface area (Å²) in [4.78, 5) is 11.8. The van der Waals surface area contributed by atoms with Gasteiger partial charge in [-0.15, -0.1) is 0 Å². The van der Waals surface area contributed by atoms with E-state index in [4.69, 9.17) is 0 Å². The van der Waals surface area contributed by atoms with Gasteiger partial charge in [-0.2, -0.15) is 0 Å². The SMILES string of the molecule is CCCC(=O)Nc1ccc(C)c(S(=O)(=O)Nc2ccc(Br)cc2)c1. The van der Waals surface area contributed by atoms with Crippen molar-refractivity contribution in [2.24, 2.45) is 0 Å². The van der Waals surface area contributed by atoms with Gasteiger partial charge in [-0.05, 0) is 55.3 Å². The molecule has 0 aliphatic carbocycles. The van der Waals surface area contributed by atoms with Crippen molar-refractivity contribution in [1.82, 2.24) is 0 Å². The molecule has 5 nitrogen and oxygen atoms in total. The lowest BCUT2D eigenvalue weighted by Gasteiger charge is -2.13. The second-order valence-electron chi connectivity index (χ2n) is 5.39. The average Bonchev–Trinajstić information content (AvgIpc) is 2.51. The monoisotopic (exact) mass is 410 g/mol. The summed E-state index contributed by atoms with van der Waals surface area (Å²) < 4.78 is 28.7. The van der Waals surface area contributed by atoms with Gasteiger partial charge in [0.25, 0.3) is 10.0 Å². The molecule has 0 unspecified atom stereocenters. The molecule has 0 fully saturated rings. The van der Waals surface area contributed by atoms with Crippen LogP contribution in [0.4, 0.5) is 11.4 Å². The Hall–Kier alpha value is -1.86. The highest BCUT2D eigenvalue weighted by molar-refractivity contribution is 9.10. The van der Waals surface area contributed by atoms with Crippen LogP contribution < -0.4 is 10.0 Å². The fraction of sp³-hybridized carbons (Fsp3) is 0.235. The maximum Gasteiger partial charge on any atom is 0.262 e. The summed E-state index contributed by atoms with van der Waals surface area (Å²) in [6.07, 6.45) is 1.13. The first-order chi connectivity index (χ1) is 11.3. The summed E-state index contributed by atoms with van der Waals surface area (Å²) in [5, 5.41) is 2.72. The molecule has 0 bridgehead atoms. The van der Waals surface area contributed by atoms with E-state index in [9.17, 15) is 13.2 Å². The van der Waals surface area contributed by atoms with Crippen LogP contribution in [0, 0.1) is 6.92 Å². The molecular formula is C17H19BrN2O3S. The van der Waals surface area contributed by atoms with Crippen LogP contribution in [-0.2, 0) is 14.8 Å². The Morgan fingerprint density at radius 2 is 1.71 bits per heavy atom. The lowest BCUT2D eigenvalue weighted by atomic mass is 10.2. The highest BCUT2D eigenvalue weighted by Crippen LogP contribution is 2.24. The Kier molecular flexibility index (Phi) is 6.01. The first kappa shape index (κ1) is 18.5. The van der Waals surface area contributed by atoms with E-state index in [2.05, 4.69) is 26.0 Å². The molecule has 24 heavy (non-hydrogen) atoms. The smallest absolute Gasteiger partial charge is 0.262 e. The highest BCUT2D eigenvalue weighted by Gasteiger charge is 2.18. The van der Waals surface area contributed by atoms with Gasteiger partial charge in [-0.3, -0.25) is 9.52 Å². The summed E-state index contributed by atoms with van der Waals surface area (Å²) >= 11 is 3.31. The maximum absolute atomic E-state index is 12.6. The number of aryl methyl sites for hydroxylation is 1. The summed E-state index contributed by atoms with van der Waals surface area (Å²) in [5.41, 5.74) is 1.54. The second kappa shape index (κ2) is 7.81. The van der Waals surface area contributed by atoms with E-state index in [1.54, 1.807) is 43.3 Å². The maximum atomic E-state index is 12.6. The summed E-state index contributed by atoms with van der Waals surface area (Å²) in [7, 11) is -3.74. The molecule has 0 spiro atoms. The third kappa shape index (κ3) is 4.82. The number of anilines is 2. The number of hydrogen-bond donors (Lipinski definition) is 2. The number of carbonyl (C=O) groups is 1. The minimum atomic E-state index is -3.74. The molecule has 128 valence electrons. The first-order valence-corrected chi connectivity index (χ1v) is 9.78. The molecule has 2 aromatic carbocycles. The second-order valence-corrected chi connectivity index (χ2v) is 7.96. The van der Waals surface area contributed by atoms with Crippen LogP contribution in [0.25, 0.3) is 0 Å². The Morgan fingerprint density at radius 1 is 1.08 bits per heavy atom. The van der Waals surface area contributed by atoms with Crippen LogP contribution in [0.5, 0.6) is 0 Å². The summed E-state index contributed by atoms with van der Waals surface area (Å²) in [6.45, 7) is 3.63. The van der Waals surface area contributed by atoms with Crippen LogP contribution in [0.15, 0.2) is 51.8 Å². The van der Waals surface area contributed by atoms with Crippen molar-refractivity contribution < 1.29 is 13.2 Å². The van der Waals surface area contributed by atoms with Crippen LogP contribution in [0.2, 0.25) is 0 Å². The van der Waals surface area contributed by atoms with Crippen molar-refractivity contribution in [2.75, 3.05) is 10.0 Å². The van der Waals surface area contributed by atoms with Crippen molar-refractivity contribution >= 4 is 43.2 Å². The van der Waals surface area contributed by atoms with E-state index in [0.717, 1.165) is 10.9 Å². The van der Waals surface area contributed by atoms with Crippen LogP contribution in [0.1, 0.15) is 25.3 Å². The molecule has 0 aromatic heterocycles. The van der Waals surface area contributed by atoms with Crippen LogP contribution in [0.3, 0.4) is 0 Å². The quantitative estimate of drug-likeness (QED) is 0.745. The summed E-state index contributed by atoms with van der Waals surface area (Å²) in [6, 6.07) is 11.7. The number of benzene rings is 2. The van der Waals surface area contributed by atoms with Gasteiger partial charge < -0.3 is 5.32 Å². The van der Waals surface area contributed by atoms with Gasteiger partial charge in [0.1, 0.15) is 0 Å². The molecule has 0 atom stereocenters. The Labute approximate surface area is 150 Å². The number of amides is 1. The fourth-order valence-electron chi connectivity index (χ4n) is 2.15. The number of sulfonamides is 1. The third-order valence-electron chi connectivity index (χ3n) is 3.33. The molecule has 2 N–H and O–H groups in total. The van der Waals surface area contributed by atoms with Crippen molar-refractivity contribution in [3.8, 4) is 0 Å². The first-order valence-electron chi connectivity index (χ1n) is 7.50. The Balaban J connectivity index is 2.28. The molecule has 0 aliphatic heterocycles. The van der Waals surface area contributed by atoms with Crippen molar-refractivity contribution in [3.63, 3.8) is 0 Å². The van der Waals surface area contributed by atoms with Crippen LogP contribution >= 0.6 is 15.9 Å². The van der Waals surface area contributed by atoms with Gasteiger partial charge in [0.2, 0.25) is 5.91 Å². The van der Waals surface area contributed by atoms with Gasteiger partial charge in [0.05, 0.1) is 4.90 Å². The lowest BCUT2D eigenvalue weighted by Crippen LogP contribution is -2.16. The predicted molar refractivity (Wildman–Crippen MR) is 99.7 cm³/mol. The number of rotatable bonds is 6. The lowest BCUT2D eigenvalue weighted by molar-refractivity contribution is -0.116. The third-order valence-corrected chi connectivity index (χ3v) is 5.39. The van der Waals surface area contributed by atoms with E-state index in [1.165, 1.54) is 6.07 Å². The normalized spacial score (nSPS) is 11.1. The van der Waals surface area contributed by atoms with E-state index in [0.29, 0.717) is 23.4 Å². The highest BCUT2D eigenvalue weighted by atomic mass is 79.9. The van der Waals surface area contributed by atoms with Gasteiger partial charge in [0.15, 0.2) is 0 Å². The molecule has 1 amide bonds. The van der Waals surface area contributed by atoms with Crippen molar-refractivity contribution in [3.05, 3.63) is 52.5 Å².